The lowest BCUT2D eigenvalue weighted by Gasteiger charge is -2.45. The summed E-state index contributed by atoms with van der Waals surface area (Å²) in [5.74, 6) is 2.38. The number of hydrogen-bond donors (Lipinski definition) is 0. The highest BCUT2D eigenvalue weighted by atomic mass is 32.1. The average Bonchev–Trinajstić information content (AvgIpc) is 3.60. The normalized spacial score (nSPS) is 13.1. The van der Waals surface area contributed by atoms with E-state index in [2.05, 4.69) is 149 Å². The van der Waals surface area contributed by atoms with Gasteiger partial charge in [-0.2, -0.15) is 0 Å². The van der Waals surface area contributed by atoms with Gasteiger partial charge in [0.15, 0.2) is 8.07 Å². The van der Waals surface area contributed by atoms with Crippen LogP contribution in [0.25, 0.3) is 31.4 Å². The van der Waals surface area contributed by atoms with Crippen LogP contribution in [0.4, 0.5) is 17.2 Å². The predicted octanol–water partition coefficient (Wildman–Crippen LogP) is 9.46. The molecular formula is C46H31N3OSSi. The minimum atomic E-state index is -2.97. The highest BCUT2D eigenvalue weighted by Crippen LogP contribution is 2.44. The van der Waals surface area contributed by atoms with E-state index in [1.165, 1.54) is 40.9 Å². The van der Waals surface area contributed by atoms with Crippen LogP contribution in [0.15, 0.2) is 188 Å². The van der Waals surface area contributed by atoms with Crippen molar-refractivity contribution < 1.29 is 4.74 Å². The molecule has 6 aromatic carbocycles. The molecule has 0 aliphatic carbocycles. The maximum Gasteiger partial charge on any atom is 0.185 e. The lowest BCUT2D eigenvalue weighted by molar-refractivity contribution is 0.483. The molecule has 4 nitrogen and oxygen atoms in total. The summed E-state index contributed by atoms with van der Waals surface area (Å²) in [7, 11) is -2.97. The van der Waals surface area contributed by atoms with Gasteiger partial charge in [0.25, 0.3) is 0 Å². The van der Waals surface area contributed by atoms with Crippen LogP contribution < -0.4 is 30.4 Å². The summed E-state index contributed by atoms with van der Waals surface area (Å²) in [6.45, 7) is 0. The third kappa shape index (κ3) is 4.80. The SMILES string of the molecule is c1ccc([Si]2(c3ccccc3)c3ccc(Oc4cccc(-c5ccccn5)c4)cc3N(c3ccccn3)c3ccc4c(sc5ccccc54)c32)cc1. The topological polar surface area (TPSA) is 38.2 Å². The summed E-state index contributed by atoms with van der Waals surface area (Å²) in [5.41, 5.74) is 4.14. The molecule has 0 bridgehead atoms. The van der Waals surface area contributed by atoms with Crippen LogP contribution >= 0.6 is 11.3 Å². The second kappa shape index (κ2) is 12.5. The van der Waals surface area contributed by atoms with Gasteiger partial charge in [0.05, 0.1) is 11.4 Å². The van der Waals surface area contributed by atoms with Crippen molar-refractivity contribution in [2.75, 3.05) is 4.90 Å². The Kier molecular flexibility index (Phi) is 7.30. The van der Waals surface area contributed by atoms with Crippen molar-refractivity contribution in [1.82, 2.24) is 9.97 Å². The van der Waals surface area contributed by atoms with Gasteiger partial charge in [-0.05, 0) is 75.3 Å². The number of rotatable bonds is 6. The van der Waals surface area contributed by atoms with Crippen LogP contribution in [0.2, 0.25) is 0 Å². The van der Waals surface area contributed by atoms with Crippen molar-refractivity contribution in [1.29, 1.82) is 0 Å². The Labute approximate surface area is 306 Å². The molecule has 0 fully saturated rings. The molecule has 0 radical (unpaired) electrons. The summed E-state index contributed by atoms with van der Waals surface area (Å²) in [4.78, 5) is 11.9. The van der Waals surface area contributed by atoms with Crippen molar-refractivity contribution in [3.05, 3.63) is 188 Å². The van der Waals surface area contributed by atoms with E-state index in [4.69, 9.17) is 9.72 Å². The Hall–Kier alpha value is -6.34. The van der Waals surface area contributed by atoms with Gasteiger partial charge in [0, 0.05) is 49.9 Å². The van der Waals surface area contributed by atoms with Gasteiger partial charge in [0.1, 0.15) is 17.3 Å². The zero-order valence-corrected chi connectivity index (χ0v) is 29.9. The molecule has 1 aliphatic rings. The first-order valence-electron chi connectivity index (χ1n) is 17.4. The minimum absolute atomic E-state index is 0.755. The minimum Gasteiger partial charge on any atom is -0.457 e. The Morgan fingerprint density at radius 3 is 1.98 bits per heavy atom. The highest BCUT2D eigenvalue weighted by molar-refractivity contribution is 7.31. The second-order valence-corrected chi connectivity index (χ2v) is 17.7. The van der Waals surface area contributed by atoms with Crippen LogP contribution in [0.1, 0.15) is 0 Å². The number of aromatic nitrogens is 2. The fourth-order valence-electron chi connectivity index (χ4n) is 7.93. The van der Waals surface area contributed by atoms with Gasteiger partial charge in [0.2, 0.25) is 0 Å². The van der Waals surface area contributed by atoms with Gasteiger partial charge in [-0.15, -0.1) is 11.3 Å². The van der Waals surface area contributed by atoms with E-state index < -0.39 is 8.07 Å². The summed E-state index contributed by atoms with van der Waals surface area (Å²) in [5, 5.41) is 7.94. The Morgan fingerprint density at radius 2 is 1.23 bits per heavy atom. The van der Waals surface area contributed by atoms with E-state index in [1.54, 1.807) is 0 Å². The smallest absolute Gasteiger partial charge is 0.185 e. The predicted molar refractivity (Wildman–Crippen MR) is 219 cm³/mol. The molecule has 0 N–H and O–H groups in total. The first-order valence-corrected chi connectivity index (χ1v) is 20.2. The van der Waals surface area contributed by atoms with Crippen LogP contribution in [-0.2, 0) is 0 Å². The largest absolute Gasteiger partial charge is 0.457 e. The number of benzene rings is 6. The zero-order valence-electron chi connectivity index (χ0n) is 28.1. The van der Waals surface area contributed by atoms with Crippen molar-refractivity contribution in [3.8, 4) is 22.8 Å². The Balaban J connectivity index is 1.28. The number of fused-ring (bicyclic) bond motifs is 6. The molecule has 3 aromatic heterocycles. The van der Waals surface area contributed by atoms with Crippen molar-refractivity contribution in [2.24, 2.45) is 0 Å². The molecule has 0 saturated carbocycles. The molecule has 0 amide bonds. The molecule has 0 unspecified atom stereocenters. The summed E-state index contributed by atoms with van der Waals surface area (Å²) >= 11 is 1.90. The molecule has 246 valence electrons. The van der Waals surface area contributed by atoms with E-state index in [0.717, 1.165) is 39.9 Å². The first-order chi connectivity index (χ1) is 25.8. The second-order valence-electron chi connectivity index (χ2n) is 13.0. The lowest BCUT2D eigenvalue weighted by atomic mass is 10.1. The quantitative estimate of drug-likeness (QED) is 0.162. The molecule has 4 heterocycles. The monoisotopic (exact) mass is 701 g/mol. The molecule has 52 heavy (non-hydrogen) atoms. The molecule has 0 spiro atoms. The molecule has 10 rings (SSSR count). The van der Waals surface area contributed by atoms with E-state index in [0.29, 0.717) is 0 Å². The Bertz CT molecular complexity index is 2680. The molecule has 0 atom stereocenters. The number of hydrogen-bond acceptors (Lipinski definition) is 5. The van der Waals surface area contributed by atoms with E-state index in [9.17, 15) is 0 Å². The highest BCUT2D eigenvalue weighted by Gasteiger charge is 2.50. The van der Waals surface area contributed by atoms with E-state index in [-0.39, 0.29) is 0 Å². The van der Waals surface area contributed by atoms with Gasteiger partial charge in [-0.1, -0.05) is 115 Å². The van der Waals surface area contributed by atoms with Crippen LogP contribution in [-0.4, -0.2) is 18.0 Å². The Morgan fingerprint density at radius 1 is 0.519 bits per heavy atom. The maximum atomic E-state index is 6.71. The number of pyridine rings is 2. The number of anilines is 3. The molecule has 9 aromatic rings. The molecular weight excluding hydrogens is 671 g/mol. The fourth-order valence-corrected chi connectivity index (χ4v) is 14.8. The van der Waals surface area contributed by atoms with Gasteiger partial charge in [-0.3, -0.25) is 9.88 Å². The van der Waals surface area contributed by atoms with Crippen molar-refractivity contribution >= 4 is 77.5 Å². The average molecular weight is 702 g/mol. The first kappa shape index (κ1) is 30.5. The van der Waals surface area contributed by atoms with Gasteiger partial charge >= 0.3 is 0 Å². The zero-order chi connectivity index (χ0) is 34.5. The summed E-state index contributed by atoms with van der Waals surface area (Å²) < 4.78 is 9.33. The van der Waals surface area contributed by atoms with Crippen molar-refractivity contribution in [2.45, 2.75) is 0 Å². The molecule has 1 aliphatic heterocycles. The van der Waals surface area contributed by atoms with E-state index in [1.807, 2.05) is 60.1 Å². The maximum absolute atomic E-state index is 6.71. The van der Waals surface area contributed by atoms with E-state index >= 15 is 0 Å². The number of ether oxygens (including phenoxy) is 1. The fraction of sp³-hybridized carbons (Fsp3) is 0. The number of nitrogens with zero attached hydrogens (tertiary/aromatic N) is 3. The van der Waals surface area contributed by atoms with Crippen molar-refractivity contribution in [3.63, 3.8) is 0 Å². The molecule has 6 heteroatoms. The molecule has 0 saturated heterocycles. The lowest BCUT2D eigenvalue weighted by Crippen LogP contribution is -2.77. The van der Waals surface area contributed by atoms with Crippen LogP contribution in [0, 0.1) is 0 Å². The third-order valence-electron chi connectivity index (χ3n) is 10.1. The third-order valence-corrected chi connectivity index (χ3v) is 16.3. The number of thiophene rings is 1. The summed E-state index contributed by atoms with van der Waals surface area (Å²) in [6.07, 6.45) is 3.70. The van der Waals surface area contributed by atoms with Crippen LogP contribution in [0.5, 0.6) is 11.5 Å². The standard InChI is InChI=1S/C46H31N3OSSi/c1-3-16-35(17-4-1)52(36-18-5-2-6-19-36)43-27-24-34(50-33-15-13-14-32(30-33)39-21-9-11-28-47-39)31-41(43)49(44-23-10-12-29-48-44)40-26-25-38-37-20-7-8-22-42(37)51-45(38)46(40)52/h1-31H. The van der Waals surface area contributed by atoms with Gasteiger partial charge in [-0.25, -0.2) is 4.98 Å². The summed E-state index contributed by atoms with van der Waals surface area (Å²) in [6, 6.07) is 62.7. The van der Waals surface area contributed by atoms with Crippen LogP contribution in [0.3, 0.4) is 0 Å². The van der Waals surface area contributed by atoms with Gasteiger partial charge < -0.3 is 4.74 Å².